The minimum atomic E-state index is -3.37. The lowest BCUT2D eigenvalue weighted by molar-refractivity contribution is -0.265. The number of allylic oxidation sites excluding steroid dienone is 6. The first-order valence-corrected chi connectivity index (χ1v) is 28.3. The van der Waals surface area contributed by atoms with Crippen LogP contribution in [0, 0.1) is 35.5 Å². The van der Waals surface area contributed by atoms with Crippen LogP contribution in [-0.2, 0) is 61.3 Å². The molecule has 4 aliphatic rings. The molecule has 0 aromatic carbocycles. The molecule has 72 heavy (non-hydrogen) atoms. The number of fused-ring (bicyclic) bond motifs is 3. The molecule has 3 fully saturated rings. The average molecular weight is 1030 g/mol. The molecule has 16 nitrogen and oxygen atoms in total. The Bertz CT molecular complexity index is 2020. The van der Waals surface area contributed by atoms with Crippen molar-refractivity contribution in [2.45, 2.75) is 200 Å². The standard InChI is InChI=1S/C55H88NO15P/c1-33(2)70-72(13,64)71-45-25-23-41(30-48(45)66-11)29-37(6)47-32-44(57)36(5)28-39(8)50(59)51(67-12)49(58)38(7)27-34(3)19-15-14-16-20-35(4)46(65-10)31-42-24-22-40(9)55(63,69-42)52(60)53(61)56-26-18-17-21-43(56)54(62)68-47/h14-16,19-20,28,33-34,37-43,45-48,50-51,59,63H,17-18,21-27,29-32H2,1-13H3/t34-,37-,38-,39?,40-,41+,42+,43+,45-,46+,47+,48-,50-,51+,55-,72?/m1/s1. The van der Waals surface area contributed by atoms with Crippen LogP contribution in [-0.4, -0.2) is 140 Å². The molecule has 17 heteroatoms. The number of nitrogens with zero attached hydrogens (tertiary/aromatic N) is 1. The molecule has 2 bridgehead atoms. The lowest BCUT2D eigenvalue weighted by Gasteiger charge is -2.42. The second-order valence-corrected chi connectivity index (χ2v) is 23.6. The molecule has 1 aliphatic carbocycles. The van der Waals surface area contributed by atoms with Crippen LogP contribution >= 0.6 is 7.60 Å². The summed E-state index contributed by atoms with van der Waals surface area (Å²) in [5.74, 6) is -8.24. The van der Waals surface area contributed by atoms with E-state index in [2.05, 4.69) is 0 Å². The molecule has 0 aromatic heterocycles. The molecule has 16 atom stereocenters. The van der Waals surface area contributed by atoms with Gasteiger partial charge in [0.25, 0.3) is 11.7 Å². The summed E-state index contributed by atoms with van der Waals surface area (Å²) < 4.78 is 54.6. The molecule has 0 radical (unpaired) electrons. The van der Waals surface area contributed by atoms with Crippen molar-refractivity contribution in [2.24, 2.45) is 35.5 Å². The molecule has 2 saturated heterocycles. The second-order valence-electron chi connectivity index (χ2n) is 21.6. The molecule has 2 N–H and O–H groups in total. The Kier molecular flexibility index (Phi) is 23.9. The highest BCUT2D eigenvalue weighted by molar-refractivity contribution is 7.53. The number of aliphatic hydroxyl groups is 2. The molecule has 3 aliphatic heterocycles. The Balaban J connectivity index is 1.70. The molecular weight excluding hydrogens is 946 g/mol. The fourth-order valence-corrected chi connectivity index (χ4v) is 12.4. The number of hydrogen-bond donors (Lipinski definition) is 2. The summed E-state index contributed by atoms with van der Waals surface area (Å²) >= 11 is 0. The third-order valence-electron chi connectivity index (χ3n) is 15.2. The monoisotopic (exact) mass is 1030 g/mol. The topological polar surface area (TPSA) is 211 Å². The van der Waals surface area contributed by atoms with Crippen LogP contribution in [0.2, 0.25) is 0 Å². The highest BCUT2D eigenvalue weighted by Crippen LogP contribution is 2.49. The first-order valence-electron chi connectivity index (χ1n) is 26.3. The predicted octanol–water partition coefficient (Wildman–Crippen LogP) is 8.45. The van der Waals surface area contributed by atoms with Crippen LogP contribution in [0.3, 0.4) is 0 Å². The van der Waals surface area contributed by atoms with Crippen molar-refractivity contribution in [1.82, 2.24) is 4.90 Å². The maximum atomic E-state index is 14.5. The van der Waals surface area contributed by atoms with Gasteiger partial charge < -0.3 is 47.8 Å². The van der Waals surface area contributed by atoms with E-state index in [1.165, 1.54) is 18.7 Å². The van der Waals surface area contributed by atoms with E-state index in [4.69, 9.17) is 32.7 Å². The van der Waals surface area contributed by atoms with E-state index >= 15 is 0 Å². The average Bonchev–Trinajstić information content (AvgIpc) is 3.32. The highest BCUT2D eigenvalue weighted by Gasteiger charge is 2.53. The summed E-state index contributed by atoms with van der Waals surface area (Å²) in [5, 5.41) is 23.5. The minimum Gasteiger partial charge on any atom is -0.460 e. The molecule has 1 amide bonds. The Hall–Kier alpha value is -3.18. The molecule has 0 spiro atoms. The van der Waals surface area contributed by atoms with Crippen molar-refractivity contribution in [3.05, 3.63) is 47.6 Å². The summed E-state index contributed by atoms with van der Waals surface area (Å²) in [6, 6.07) is -1.17. The second kappa shape index (κ2) is 28.1. The quantitative estimate of drug-likeness (QED) is 0.119. The first kappa shape index (κ1) is 61.4. The fourth-order valence-electron chi connectivity index (χ4n) is 10.9. The van der Waals surface area contributed by atoms with Crippen LogP contribution in [0.1, 0.15) is 139 Å². The van der Waals surface area contributed by atoms with Crippen molar-refractivity contribution in [2.75, 3.05) is 34.5 Å². The van der Waals surface area contributed by atoms with Gasteiger partial charge in [0.1, 0.15) is 18.2 Å². The van der Waals surface area contributed by atoms with Crippen LogP contribution < -0.4 is 0 Å². The van der Waals surface area contributed by atoms with Gasteiger partial charge in [-0.05, 0) is 121 Å². The fraction of sp³-hybridized carbons (Fsp3) is 0.764. The van der Waals surface area contributed by atoms with Crippen LogP contribution in [0.5, 0.6) is 0 Å². The highest BCUT2D eigenvalue weighted by atomic mass is 31.2. The van der Waals surface area contributed by atoms with Gasteiger partial charge in [0, 0.05) is 65.1 Å². The van der Waals surface area contributed by atoms with Crippen LogP contribution in [0.25, 0.3) is 0 Å². The number of aliphatic hydroxyl groups excluding tert-OH is 1. The number of cyclic esters (lactones) is 1. The van der Waals surface area contributed by atoms with E-state index in [0.717, 1.165) is 5.57 Å². The van der Waals surface area contributed by atoms with E-state index in [1.54, 1.807) is 54.9 Å². The van der Waals surface area contributed by atoms with Crippen LogP contribution in [0.4, 0.5) is 0 Å². The third-order valence-corrected chi connectivity index (χ3v) is 16.7. The van der Waals surface area contributed by atoms with E-state index in [9.17, 15) is 38.8 Å². The molecule has 0 aromatic rings. The van der Waals surface area contributed by atoms with Crippen molar-refractivity contribution in [1.29, 1.82) is 0 Å². The van der Waals surface area contributed by atoms with Crippen molar-refractivity contribution in [3.63, 3.8) is 0 Å². The van der Waals surface area contributed by atoms with Gasteiger partial charge in [-0.1, -0.05) is 71.1 Å². The molecule has 408 valence electrons. The number of Topliss-reactive ketones (excluding diaryl/α,β-unsaturated/α-hetero) is 3. The summed E-state index contributed by atoms with van der Waals surface area (Å²) in [4.78, 5) is 72.4. The third kappa shape index (κ3) is 16.9. The molecule has 1 saturated carbocycles. The molecule has 3 heterocycles. The number of piperidine rings is 1. The van der Waals surface area contributed by atoms with Gasteiger partial charge in [-0.2, -0.15) is 0 Å². The van der Waals surface area contributed by atoms with Crippen LogP contribution in [0.15, 0.2) is 47.6 Å². The van der Waals surface area contributed by atoms with Gasteiger partial charge in [-0.15, -0.1) is 0 Å². The van der Waals surface area contributed by atoms with E-state index in [1.807, 2.05) is 58.1 Å². The van der Waals surface area contributed by atoms with Gasteiger partial charge in [0.05, 0.1) is 36.6 Å². The van der Waals surface area contributed by atoms with Gasteiger partial charge in [0.15, 0.2) is 11.6 Å². The van der Waals surface area contributed by atoms with Gasteiger partial charge in [-0.25, -0.2) is 4.79 Å². The first-order chi connectivity index (χ1) is 33.9. The number of carbonyl (C=O) groups excluding carboxylic acids is 5. The Morgan fingerprint density at radius 1 is 0.861 bits per heavy atom. The summed E-state index contributed by atoms with van der Waals surface area (Å²) in [5.41, 5.74) is 1.16. The zero-order valence-electron chi connectivity index (χ0n) is 45.4. The van der Waals surface area contributed by atoms with E-state index < -0.39 is 103 Å². The maximum absolute atomic E-state index is 14.5. The number of esters is 1. The number of rotatable bonds is 10. The molecular formula is C55H88NO15P. The zero-order chi connectivity index (χ0) is 53.7. The smallest absolute Gasteiger partial charge is 0.329 e. The minimum absolute atomic E-state index is 0.00845. The summed E-state index contributed by atoms with van der Waals surface area (Å²) in [7, 11) is 1.16. The van der Waals surface area contributed by atoms with E-state index in [0.29, 0.717) is 69.8 Å². The Morgan fingerprint density at radius 3 is 2.22 bits per heavy atom. The number of ketones is 3. The number of hydrogen-bond acceptors (Lipinski definition) is 15. The largest absolute Gasteiger partial charge is 0.460 e. The number of carbonyl (C=O) groups is 5. The number of ether oxygens (including phenoxy) is 5. The van der Waals surface area contributed by atoms with Crippen molar-refractivity contribution >= 4 is 36.8 Å². The SMILES string of the molecule is CO[C@H]1C[C@@H]2CC[C@@H](C)[C@@](O)(O2)C(=O)C(=O)N2CCCC[C@H]2C(=O)O[C@H]([C@H](C)C[C@@H]2CC[C@@H](OP(C)(=O)OC(C)C)[C@H](OC)C2)CC(=O)C(C)=CC(C)[C@@H](O)[C@@H](OC)C(=O)[C@H](C)C[C@H](C)C=CC=CC=C1C. The summed E-state index contributed by atoms with van der Waals surface area (Å²) in [6.45, 7) is 17.7. The molecule has 2 unspecified atom stereocenters. The van der Waals surface area contributed by atoms with Gasteiger partial charge in [0.2, 0.25) is 5.79 Å². The van der Waals surface area contributed by atoms with E-state index in [-0.39, 0.29) is 48.9 Å². The Morgan fingerprint density at radius 2 is 1.57 bits per heavy atom. The lowest BCUT2D eigenvalue weighted by atomic mass is 9.78. The van der Waals surface area contributed by atoms with Crippen molar-refractivity contribution < 1.29 is 71.5 Å². The Labute approximate surface area is 429 Å². The van der Waals surface area contributed by atoms with Crippen molar-refractivity contribution in [3.8, 4) is 0 Å². The van der Waals surface area contributed by atoms with Gasteiger partial charge in [-0.3, -0.25) is 23.7 Å². The number of methoxy groups -OCH3 is 3. The lowest BCUT2D eigenvalue weighted by Crippen LogP contribution is -2.61. The van der Waals surface area contributed by atoms with Gasteiger partial charge >= 0.3 is 13.6 Å². The normalized spacial score (nSPS) is 36.3. The summed E-state index contributed by atoms with van der Waals surface area (Å²) in [6.07, 6.45) is 10.5. The number of amides is 1. The zero-order valence-corrected chi connectivity index (χ0v) is 46.3. The molecule has 4 rings (SSSR count). The predicted molar refractivity (Wildman–Crippen MR) is 274 cm³/mol. The maximum Gasteiger partial charge on any atom is 0.329 e.